The molecule has 0 aromatic carbocycles. The molecular formula is C12H22N2O2. The summed E-state index contributed by atoms with van der Waals surface area (Å²) in [5.74, 6) is 0.208. The third-order valence-corrected chi connectivity index (χ3v) is 3.05. The Balaban J connectivity index is 2.35. The summed E-state index contributed by atoms with van der Waals surface area (Å²) in [5.41, 5.74) is 0. The van der Waals surface area contributed by atoms with Gasteiger partial charge in [0.1, 0.15) is 0 Å². The van der Waals surface area contributed by atoms with Crippen LogP contribution in [-0.4, -0.2) is 23.9 Å². The number of carbonyl (C=O) groups excluding carboxylic acids is 2. The van der Waals surface area contributed by atoms with Gasteiger partial charge in [-0.2, -0.15) is 0 Å². The van der Waals surface area contributed by atoms with E-state index in [1.165, 1.54) is 0 Å². The predicted octanol–water partition coefficient (Wildman–Crippen LogP) is 1.35. The fraction of sp³-hybridized carbons (Fsp3) is 0.833. The SMILES string of the molecule is CCC(=O)NC1CCCC(NC(=O)CC)C1. The Bertz CT molecular complexity index is 229. The molecule has 0 aromatic heterocycles. The van der Waals surface area contributed by atoms with Crippen molar-refractivity contribution in [3.63, 3.8) is 0 Å². The van der Waals surface area contributed by atoms with Gasteiger partial charge in [-0.25, -0.2) is 0 Å². The first kappa shape index (κ1) is 13.0. The van der Waals surface area contributed by atoms with E-state index in [4.69, 9.17) is 0 Å². The number of carbonyl (C=O) groups is 2. The van der Waals surface area contributed by atoms with Crippen LogP contribution in [0.25, 0.3) is 0 Å². The van der Waals surface area contributed by atoms with Gasteiger partial charge in [0.2, 0.25) is 11.8 Å². The molecule has 4 nitrogen and oxygen atoms in total. The third kappa shape index (κ3) is 4.21. The summed E-state index contributed by atoms with van der Waals surface area (Å²) >= 11 is 0. The average molecular weight is 226 g/mol. The highest BCUT2D eigenvalue weighted by Gasteiger charge is 2.23. The molecule has 2 atom stereocenters. The zero-order valence-electron chi connectivity index (χ0n) is 10.2. The molecule has 2 unspecified atom stereocenters. The van der Waals surface area contributed by atoms with E-state index in [2.05, 4.69) is 10.6 Å². The number of hydrogen-bond acceptors (Lipinski definition) is 2. The molecule has 2 N–H and O–H groups in total. The highest BCUT2D eigenvalue weighted by atomic mass is 16.2. The Morgan fingerprint density at radius 1 is 1.00 bits per heavy atom. The van der Waals surface area contributed by atoms with Crippen molar-refractivity contribution in [2.45, 2.75) is 64.5 Å². The van der Waals surface area contributed by atoms with Crippen LogP contribution in [0.3, 0.4) is 0 Å². The molecule has 92 valence electrons. The number of rotatable bonds is 4. The van der Waals surface area contributed by atoms with Crippen molar-refractivity contribution in [1.29, 1.82) is 0 Å². The van der Waals surface area contributed by atoms with Crippen LogP contribution in [0.15, 0.2) is 0 Å². The van der Waals surface area contributed by atoms with Gasteiger partial charge in [-0.1, -0.05) is 13.8 Å². The molecule has 0 radical (unpaired) electrons. The first-order valence-electron chi connectivity index (χ1n) is 6.24. The summed E-state index contributed by atoms with van der Waals surface area (Å²) in [5, 5.41) is 6.00. The molecular weight excluding hydrogens is 204 g/mol. The molecule has 0 aromatic rings. The molecule has 1 fully saturated rings. The van der Waals surface area contributed by atoms with E-state index in [0.717, 1.165) is 25.7 Å². The fourth-order valence-electron chi connectivity index (χ4n) is 2.11. The zero-order chi connectivity index (χ0) is 12.0. The second-order valence-corrected chi connectivity index (χ2v) is 4.40. The van der Waals surface area contributed by atoms with Gasteiger partial charge in [0, 0.05) is 24.9 Å². The molecule has 1 aliphatic rings. The van der Waals surface area contributed by atoms with Crippen LogP contribution in [0.1, 0.15) is 52.4 Å². The van der Waals surface area contributed by atoms with E-state index < -0.39 is 0 Å². The van der Waals surface area contributed by atoms with Crippen molar-refractivity contribution >= 4 is 11.8 Å². The standard InChI is InChI=1S/C12H22N2O2/c1-3-11(15)13-9-6-5-7-10(8-9)14-12(16)4-2/h9-10H,3-8H2,1-2H3,(H,13,15)(H,14,16). The van der Waals surface area contributed by atoms with Crippen LogP contribution in [0.4, 0.5) is 0 Å². The molecule has 1 aliphatic carbocycles. The summed E-state index contributed by atoms with van der Waals surface area (Å²) in [7, 11) is 0. The van der Waals surface area contributed by atoms with Gasteiger partial charge < -0.3 is 10.6 Å². The second-order valence-electron chi connectivity index (χ2n) is 4.40. The summed E-state index contributed by atoms with van der Waals surface area (Å²) in [6.45, 7) is 3.71. The lowest BCUT2D eigenvalue weighted by molar-refractivity contribution is -0.121. The van der Waals surface area contributed by atoms with Gasteiger partial charge >= 0.3 is 0 Å². The van der Waals surface area contributed by atoms with Crippen LogP contribution in [0.2, 0.25) is 0 Å². The lowest BCUT2D eigenvalue weighted by atomic mass is 9.90. The maximum atomic E-state index is 11.3. The van der Waals surface area contributed by atoms with Gasteiger partial charge in [-0.3, -0.25) is 9.59 Å². The number of nitrogens with one attached hydrogen (secondary N) is 2. The second kappa shape index (κ2) is 6.51. The quantitative estimate of drug-likeness (QED) is 0.760. The summed E-state index contributed by atoms with van der Waals surface area (Å²) in [4.78, 5) is 22.5. The molecule has 1 saturated carbocycles. The lowest BCUT2D eigenvalue weighted by Gasteiger charge is -2.30. The Kier molecular flexibility index (Phi) is 5.29. The Morgan fingerprint density at radius 3 is 1.81 bits per heavy atom. The Morgan fingerprint density at radius 2 is 1.44 bits per heavy atom. The highest BCUT2D eigenvalue weighted by Crippen LogP contribution is 2.18. The lowest BCUT2D eigenvalue weighted by Crippen LogP contribution is -2.45. The monoisotopic (exact) mass is 226 g/mol. The van der Waals surface area contributed by atoms with Gasteiger partial charge in [0.25, 0.3) is 0 Å². The van der Waals surface area contributed by atoms with E-state index in [1.54, 1.807) is 0 Å². The number of hydrogen-bond donors (Lipinski definition) is 2. The Labute approximate surface area is 97.2 Å². The van der Waals surface area contributed by atoms with Gasteiger partial charge in [0.05, 0.1) is 0 Å². The first-order valence-corrected chi connectivity index (χ1v) is 6.24. The van der Waals surface area contributed by atoms with Crippen molar-refractivity contribution in [1.82, 2.24) is 10.6 Å². The van der Waals surface area contributed by atoms with Crippen LogP contribution in [0.5, 0.6) is 0 Å². The van der Waals surface area contributed by atoms with E-state index in [1.807, 2.05) is 13.8 Å². The average Bonchev–Trinajstić information content (AvgIpc) is 2.29. The predicted molar refractivity (Wildman–Crippen MR) is 62.9 cm³/mol. The Hall–Kier alpha value is -1.06. The largest absolute Gasteiger partial charge is 0.353 e. The first-order chi connectivity index (χ1) is 7.65. The summed E-state index contributed by atoms with van der Waals surface area (Å²) in [6.07, 6.45) is 5.07. The van der Waals surface area contributed by atoms with Crippen LogP contribution in [-0.2, 0) is 9.59 Å². The molecule has 1 rings (SSSR count). The van der Waals surface area contributed by atoms with Crippen molar-refractivity contribution in [3.8, 4) is 0 Å². The van der Waals surface area contributed by atoms with Crippen LogP contribution in [0, 0.1) is 0 Å². The van der Waals surface area contributed by atoms with E-state index >= 15 is 0 Å². The summed E-state index contributed by atoms with van der Waals surface area (Å²) < 4.78 is 0. The van der Waals surface area contributed by atoms with Gasteiger partial charge in [-0.05, 0) is 25.7 Å². The maximum absolute atomic E-state index is 11.3. The van der Waals surface area contributed by atoms with Crippen molar-refractivity contribution in [3.05, 3.63) is 0 Å². The van der Waals surface area contributed by atoms with E-state index in [9.17, 15) is 9.59 Å². The minimum absolute atomic E-state index is 0.104. The molecule has 0 aliphatic heterocycles. The van der Waals surface area contributed by atoms with E-state index in [-0.39, 0.29) is 23.9 Å². The fourth-order valence-corrected chi connectivity index (χ4v) is 2.11. The zero-order valence-corrected chi connectivity index (χ0v) is 10.2. The normalized spacial score (nSPS) is 24.9. The molecule has 0 saturated heterocycles. The van der Waals surface area contributed by atoms with E-state index in [0.29, 0.717) is 12.8 Å². The molecule has 0 bridgehead atoms. The molecule has 16 heavy (non-hydrogen) atoms. The minimum atomic E-state index is 0.104. The minimum Gasteiger partial charge on any atom is -0.353 e. The van der Waals surface area contributed by atoms with Gasteiger partial charge in [0.15, 0.2) is 0 Å². The molecule has 0 spiro atoms. The van der Waals surface area contributed by atoms with Crippen molar-refractivity contribution in [2.75, 3.05) is 0 Å². The smallest absolute Gasteiger partial charge is 0.219 e. The van der Waals surface area contributed by atoms with Crippen molar-refractivity contribution < 1.29 is 9.59 Å². The van der Waals surface area contributed by atoms with Crippen molar-refractivity contribution in [2.24, 2.45) is 0 Å². The van der Waals surface area contributed by atoms with Crippen LogP contribution >= 0.6 is 0 Å². The van der Waals surface area contributed by atoms with Gasteiger partial charge in [-0.15, -0.1) is 0 Å². The van der Waals surface area contributed by atoms with Crippen LogP contribution < -0.4 is 10.6 Å². The third-order valence-electron chi connectivity index (χ3n) is 3.05. The molecule has 4 heteroatoms. The summed E-state index contributed by atoms with van der Waals surface area (Å²) in [6, 6.07) is 0.478. The highest BCUT2D eigenvalue weighted by molar-refractivity contribution is 5.76. The molecule has 0 heterocycles. The maximum Gasteiger partial charge on any atom is 0.219 e. The molecule has 2 amide bonds. The topological polar surface area (TPSA) is 58.2 Å². The number of amides is 2.